The highest BCUT2D eigenvalue weighted by atomic mass is 35.5. The van der Waals surface area contributed by atoms with Gasteiger partial charge in [-0.25, -0.2) is 0 Å². The number of halogens is 1. The number of hydrogen-bond acceptors (Lipinski definition) is 7. The van der Waals surface area contributed by atoms with E-state index in [-0.39, 0.29) is 6.61 Å². The van der Waals surface area contributed by atoms with E-state index < -0.39 is 36.8 Å². The molecule has 0 amide bonds. The van der Waals surface area contributed by atoms with Crippen LogP contribution in [-0.4, -0.2) is 64.7 Å². The normalized spacial score (nSPS) is 28.0. The SMILES string of the molecule is CCCO[C@@]1(c2ccc(Cl)c(Cc3ccc(OCC)cc3)c2)O[C@H](CO)[C@@H](O)[C@H](O)[C@H]1O. The standard InChI is InChI=1S/C24H31ClO7/c1-3-11-31-24(23(29)22(28)21(27)20(14-26)32-24)17-7-10-19(25)16(13-17)12-15-5-8-18(9-6-15)30-4-2/h5-10,13,20-23,26-29H,3-4,11-12,14H2,1-2H3/t20-,21-,22+,23-,24+/m1/s1. The van der Waals surface area contributed by atoms with Gasteiger partial charge < -0.3 is 34.6 Å². The third-order valence-corrected chi connectivity index (χ3v) is 5.92. The summed E-state index contributed by atoms with van der Waals surface area (Å²) in [5.41, 5.74) is 2.21. The highest BCUT2D eigenvalue weighted by Crippen LogP contribution is 2.41. The van der Waals surface area contributed by atoms with Crippen LogP contribution < -0.4 is 4.74 Å². The van der Waals surface area contributed by atoms with Crippen molar-refractivity contribution in [1.82, 2.24) is 0 Å². The average molecular weight is 467 g/mol. The molecule has 1 aliphatic rings. The zero-order chi connectivity index (χ0) is 23.3. The molecular formula is C24H31ClO7. The minimum Gasteiger partial charge on any atom is -0.494 e. The molecule has 2 aromatic carbocycles. The topological polar surface area (TPSA) is 109 Å². The molecule has 5 atom stereocenters. The Balaban J connectivity index is 1.97. The van der Waals surface area contributed by atoms with Crippen molar-refractivity contribution in [1.29, 1.82) is 0 Å². The van der Waals surface area contributed by atoms with Crippen molar-refractivity contribution in [3.63, 3.8) is 0 Å². The Labute approximate surface area is 193 Å². The van der Waals surface area contributed by atoms with Crippen LogP contribution in [-0.2, 0) is 21.7 Å². The zero-order valence-electron chi connectivity index (χ0n) is 18.3. The molecule has 2 aromatic rings. The Bertz CT molecular complexity index is 873. The van der Waals surface area contributed by atoms with E-state index in [9.17, 15) is 20.4 Å². The fourth-order valence-corrected chi connectivity index (χ4v) is 4.04. The molecule has 0 saturated carbocycles. The summed E-state index contributed by atoms with van der Waals surface area (Å²) in [6, 6.07) is 12.8. The van der Waals surface area contributed by atoms with Gasteiger partial charge >= 0.3 is 0 Å². The predicted molar refractivity (Wildman–Crippen MR) is 120 cm³/mol. The largest absolute Gasteiger partial charge is 0.494 e. The maximum atomic E-state index is 10.9. The van der Waals surface area contributed by atoms with Crippen LogP contribution in [0.5, 0.6) is 5.75 Å². The number of aliphatic hydroxyl groups excluding tert-OH is 4. The Hall–Kier alpha value is -1.71. The van der Waals surface area contributed by atoms with Crippen molar-refractivity contribution >= 4 is 11.6 Å². The van der Waals surface area contributed by atoms with Crippen LogP contribution in [0.2, 0.25) is 5.02 Å². The molecule has 176 valence electrons. The quantitative estimate of drug-likeness (QED) is 0.449. The summed E-state index contributed by atoms with van der Waals surface area (Å²) in [6.45, 7) is 4.10. The molecule has 4 N–H and O–H groups in total. The summed E-state index contributed by atoms with van der Waals surface area (Å²) >= 11 is 6.46. The van der Waals surface area contributed by atoms with Gasteiger partial charge in [-0.2, -0.15) is 0 Å². The molecule has 0 radical (unpaired) electrons. The molecule has 1 heterocycles. The third kappa shape index (κ3) is 5.10. The van der Waals surface area contributed by atoms with E-state index in [4.69, 9.17) is 25.8 Å². The van der Waals surface area contributed by atoms with Gasteiger partial charge in [0.1, 0.15) is 30.2 Å². The summed E-state index contributed by atoms with van der Waals surface area (Å²) in [4.78, 5) is 0. The van der Waals surface area contributed by atoms with Crippen LogP contribution in [0, 0.1) is 0 Å². The van der Waals surface area contributed by atoms with Gasteiger partial charge in [0.05, 0.1) is 19.8 Å². The smallest absolute Gasteiger partial charge is 0.225 e. The Kier molecular flexibility index (Phi) is 8.52. The second kappa shape index (κ2) is 10.9. The molecule has 0 aliphatic carbocycles. The molecule has 0 unspecified atom stereocenters. The first-order valence-electron chi connectivity index (χ1n) is 10.8. The highest BCUT2D eigenvalue weighted by molar-refractivity contribution is 6.31. The lowest BCUT2D eigenvalue weighted by Gasteiger charge is -2.48. The van der Waals surface area contributed by atoms with Gasteiger partial charge in [0, 0.05) is 10.6 Å². The van der Waals surface area contributed by atoms with Gasteiger partial charge in [-0.3, -0.25) is 0 Å². The molecule has 1 saturated heterocycles. The molecule has 1 aliphatic heterocycles. The number of hydrogen-bond donors (Lipinski definition) is 4. The molecule has 32 heavy (non-hydrogen) atoms. The fourth-order valence-electron chi connectivity index (χ4n) is 3.85. The third-order valence-electron chi connectivity index (χ3n) is 5.55. The lowest BCUT2D eigenvalue weighted by Crippen LogP contribution is -2.64. The fraction of sp³-hybridized carbons (Fsp3) is 0.500. The molecular weight excluding hydrogens is 436 g/mol. The predicted octanol–water partition coefficient (Wildman–Crippen LogP) is 2.38. The summed E-state index contributed by atoms with van der Waals surface area (Å²) < 4.78 is 17.3. The number of ether oxygens (including phenoxy) is 3. The van der Waals surface area contributed by atoms with Gasteiger partial charge in [0.15, 0.2) is 0 Å². The van der Waals surface area contributed by atoms with Crippen molar-refractivity contribution in [2.45, 2.75) is 56.9 Å². The summed E-state index contributed by atoms with van der Waals surface area (Å²) in [5, 5.41) is 41.7. The van der Waals surface area contributed by atoms with Crippen molar-refractivity contribution in [2.24, 2.45) is 0 Å². The van der Waals surface area contributed by atoms with Crippen LogP contribution in [0.25, 0.3) is 0 Å². The number of rotatable bonds is 9. The second-order valence-corrected chi connectivity index (χ2v) is 8.25. The molecule has 0 spiro atoms. The number of benzene rings is 2. The summed E-state index contributed by atoms with van der Waals surface area (Å²) in [5.74, 6) is -0.982. The van der Waals surface area contributed by atoms with Gasteiger partial charge in [0.25, 0.3) is 0 Å². The maximum Gasteiger partial charge on any atom is 0.225 e. The minimum absolute atomic E-state index is 0.231. The molecule has 8 heteroatoms. The average Bonchev–Trinajstić information content (AvgIpc) is 2.80. The second-order valence-electron chi connectivity index (χ2n) is 7.84. The van der Waals surface area contributed by atoms with E-state index in [2.05, 4.69) is 0 Å². The first-order valence-corrected chi connectivity index (χ1v) is 11.2. The van der Waals surface area contributed by atoms with Crippen molar-refractivity contribution in [3.8, 4) is 5.75 Å². The lowest BCUT2D eigenvalue weighted by molar-refractivity contribution is -0.373. The molecule has 1 fully saturated rings. The Morgan fingerprint density at radius 3 is 2.38 bits per heavy atom. The van der Waals surface area contributed by atoms with E-state index in [1.807, 2.05) is 38.1 Å². The van der Waals surface area contributed by atoms with E-state index in [1.165, 1.54) is 0 Å². The minimum atomic E-state index is -1.76. The molecule has 0 aromatic heterocycles. The monoisotopic (exact) mass is 466 g/mol. The van der Waals surface area contributed by atoms with E-state index >= 15 is 0 Å². The molecule has 3 rings (SSSR count). The van der Waals surface area contributed by atoms with Crippen LogP contribution >= 0.6 is 11.6 Å². The van der Waals surface area contributed by atoms with E-state index in [1.54, 1.807) is 18.2 Å². The van der Waals surface area contributed by atoms with Crippen molar-refractivity contribution < 1.29 is 34.6 Å². The maximum absolute atomic E-state index is 10.9. The van der Waals surface area contributed by atoms with Crippen LogP contribution in [0.15, 0.2) is 42.5 Å². The van der Waals surface area contributed by atoms with Gasteiger partial charge in [0.2, 0.25) is 5.79 Å². The first kappa shape index (κ1) is 24.9. The van der Waals surface area contributed by atoms with E-state index in [0.29, 0.717) is 30.0 Å². The lowest BCUT2D eigenvalue weighted by atomic mass is 9.87. The zero-order valence-corrected chi connectivity index (χ0v) is 19.0. The van der Waals surface area contributed by atoms with Crippen LogP contribution in [0.3, 0.4) is 0 Å². The summed E-state index contributed by atoms with van der Waals surface area (Å²) in [7, 11) is 0. The van der Waals surface area contributed by atoms with Crippen molar-refractivity contribution in [3.05, 3.63) is 64.2 Å². The Morgan fingerprint density at radius 1 is 1.03 bits per heavy atom. The van der Waals surface area contributed by atoms with Gasteiger partial charge in [-0.15, -0.1) is 0 Å². The number of aliphatic hydroxyl groups is 4. The van der Waals surface area contributed by atoms with Crippen LogP contribution in [0.4, 0.5) is 0 Å². The van der Waals surface area contributed by atoms with E-state index in [0.717, 1.165) is 16.9 Å². The molecule has 0 bridgehead atoms. The van der Waals surface area contributed by atoms with Crippen LogP contribution in [0.1, 0.15) is 37.0 Å². The Morgan fingerprint density at radius 2 is 1.75 bits per heavy atom. The first-order chi connectivity index (χ1) is 15.4. The van der Waals surface area contributed by atoms with Gasteiger partial charge in [-0.1, -0.05) is 36.7 Å². The molecule has 7 nitrogen and oxygen atoms in total. The van der Waals surface area contributed by atoms with Crippen molar-refractivity contribution in [2.75, 3.05) is 19.8 Å². The van der Waals surface area contributed by atoms with Gasteiger partial charge in [-0.05, 0) is 55.2 Å². The summed E-state index contributed by atoms with van der Waals surface area (Å²) in [6.07, 6.45) is -4.59. The highest BCUT2D eigenvalue weighted by Gasteiger charge is 2.55.